The summed E-state index contributed by atoms with van der Waals surface area (Å²) in [6.45, 7) is 1.35. The second kappa shape index (κ2) is 6.23. The highest BCUT2D eigenvalue weighted by Gasteiger charge is 2.43. The summed E-state index contributed by atoms with van der Waals surface area (Å²) in [6.07, 6.45) is 3.18. The van der Waals surface area contributed by atoms with Crippen LogP contribution in [0.4, 0.5) is 4.39 Å². The Morgan fingerprint density at radius 2 is 2.04 bits per heavy atom. The van der Waals surface area contributed by atoms with Crippen molar-refractivity contribution >= 4 is 11.7 Å². The van der Waals surface area contributed by atoms with Crippen LogP contribution in [-0.4, -0.2) is 26.7 Å². The molecule has 0 fully saturated rings. The van der Waals surface area contributed by atoms with Crippen molar-refractivity contribution in [3.63, 3.8) is 0 Å². The highest BCUT2D eigenvalue weighted by molar-refractivity contribution is 6.08. The first-order valence-electron chi connectivity index (χ1n) is 7.39. The molecule has 1 aromatic carbocycles. The van der Waals surface area contributed by atoms with Crippen LogP contribution in [0.15, 0.2) is 60.1 Å². The number of nitrogens with zero attached hydrogens (tertiary/aromatic N) is 2. The van der Waals surface area contributed by atoms with Gasteiger partial charge in [-0.25, -0.2) is 4.39 Å². The highest BCUT2D eigenvalue weighted by atomic mass is 19.1. The number of aliphatic hydroxyl groups excluding tert-OH is 1. The van der Waals surface area contributed by atoms with Gasteiger partial charge in [0, 0.05) is 24.5 Å². The first-order valence-corrected chi connectivity index (χ1v) is 7.39. The van der Waals surface area contributed by atoms with Gasteiger partial charge in [-0.2, -0.15) is 0 Å². The lowest BCUT2D eigenvalue weighted by Gasteiger charge is -2.26. The first-order chi connectivity index (χ1) is 11.5. The largest absolute Gasteiger partial charge is 0.503 e. The Balaban J connectivity index is 2.09. The fourth-order valence-electron chi connectivity index (χ4n) is 2.88. The minimum Gasteiger partial charge on any atom is -0.503 e. The molecular weight excluding hydrogens is 311 g/mol. The molecular formula is C18H15FN2O3. The van der Waals surface area contributed by atoms with Crippen molar-refractivity contribution < 1.29 is 19.1 Å². The number of amides is 1. The van der Waals surface area contributed by atoms with Gasteiger partial charge >= 0.3 is 0 Å². The van der Waals surface area contributed by atoms with E-state index in [-0.39, 0.29) is 17.7 Å². The van der Waals surface area contributed by atoms with Gasteiger partial charge in [-0.3, -0.25) is 14.6 Å². The van der Waals surface area contributed by atoms with Gasteiger partial charge in [0.05, 0.1) is 11.6 Å². The Morgan fingerprint density at radius 1 is 1.29 bits per heavy atom. The van der Waals surface area contributed by atoms with Gasteiger partial charge in [-0.15, -0.1) is 0 Å². The van der Waals surface area contributed by atoms with Gasteiger partial charge in [-0.1, -0.05) is 24.3 Å². The molecule has 1 amide bonds. The van der Waals surface area contributed by atoms with E-state index >= 15 is 0 Å². The summed E-state index contributed by atoms with van der Waals surface area (Å²) in [5, 5.41) is 10.1. The molecule has 0 unspecified atom stereocenters. The molecule has 0 aliphatic carbocycles. The van der Waals surface area contributed by atoms with E-state index in [1.165, 1.54) is 30.0 Å². The number of hydrogen-bond donors (Lipinski definition) is 1. The predicted molar refractivity (Wildman–Crippen MR) is 84.3 cm³/mol. The Hall–Kier alpha value is -3.02. The fraction of sp³-hybridized carbons (Fsp3) is 0.167. The fourth-order valence-corrected chi connectivity index (χ4v) is 2.88. The minimum absolute atomic E-state index is 0.0889. The topological polar surface area (TPSA) is 70.5 Å². The molecule has 0 saturated heterocycles. The maximum atomic E-state index is 14.3. The summed E-state index contributed by atoms with van der Waals surface area (Å²) in [7, 11) is 0. The zero-order chi connectivity index (χ0) is 17.3. The van der Waals surface area contributed by atoms with Gasteiger partial charge in [0.1, 0.15) is 5.82 Å². The smallest absolute Gasteiger partial charge is 0.290 e. The monoisotopic (exact) mass is 326 g/mol. The number of Topliss-reactive ketones (excluding diaryl/α,β-unsaturated/α-hetero) is 1. The molecule has 1 aliphatic heterocycles. The van der Waals surface area contributed by atoms with Crippen LogP contribution in [0.25, 0.3) is 0 Å². The molecule has 6 heteroatoms. The number of ketones is 1. The van der Waals surface area contributed by atoms with Crippen molar-refractivity contribution in [3.05, 3.63) is 77.1 Å². The summed E-state index contributed by atoms with van der Waals surface area (Å²) in [4.78, 5) is 29.7. The molecule has 1 aliphatic rings. The van der Waals surface area contributed by atoms with E-state index in [4.69, 9.17) is 0 Å². The number of pyridine rings is 1. The second-order valence-corrected chi connectivity index (χ2v) is 5.54. The normalized spacial score (nSPS) is 17.5. The third kappa shape index (κ3) is 2.67. The quantitative estimate of drug-likeness (QED) is 0.938. The summed E-state index contributed by atoms with van der Waals surface area (Å²) in [5.41, 5.74) is 0.794. The molecule has 0 spiro atoms. The number of rotatable bonds is 4. The van der Waals surface area contributed by atoms with Crippen LogP contribution in [-0.2, 0) is 16.1 Å². The zero-order valence-electron chi connectivity index (χ0n) is 12.9. The lowest BCUT2D eigenvalue weighted by molar-refractivity contribution is -0.130. The molecule has 24 heavy (non-hydrogen) atoms. The Labute approximate surface area is 138 Å². The molecule has 5 nitrogen and oxygen atoms in total. The minimum atomic E-state index is -0.962. The van der Waals surface area contributed by atoms with E-state index < -0.39 is 29.3 Å². The average molecular weight is 326 g/mol. The molecule has 0 radical (unpaired) electrons. The molecule has 3 rings (SSSR count). The van der Waals surface area contributed by atoms with Crippen molar-refractivity contribution in [1.82, 2.24) is 9.88 Å². The van der Waals surface area contributed by atoms with Gasteiger partial charge in [0.25, 0.3) is 5.91 Å². The molecule has 0 bridgehead atoms. The van der Waals surface area contributed by atoms with Crippen molar-refractivity contribution in [3.8, 4) is 0 Å². The van der Waals surface area contributed by atoms with Crippen molar-refractivity contribution in [2.45, 2.75) is 19.5 Å². The summed E-state index contributed by atoms with van der Waals surface area (Å²) in [5.74, 6) is -2.33. The van der Waals surface area contributed by atoms with Crippen molar-refractivity contribution in [2.75, 3.05) is 0 Å². The number of halogens is 1. The zero-order valence-corrected chi connectivity index (χ0v) is 12.9. The number of carbonyl (C=O) groups is 2. The number of carbonyl (C=O) groups excluding carboxylic acids is 2. The maximum absolute atomic E-state index is 14.3. The van der Waals surface area contributed by atoms with Crippen LogP contribution < -0.4 is 0 Å². The van der Waals surface area contributed by atoms with E-state index in [2.05, 4.69) is 4.98 Å². The predicted octanol–water partition coefficient (Wildman–Crippen LogP) is 2.71. The Morgan fingerprint density at radius 3 is 2.67 bits per heavy atom. The van der Waals surface area contributed by atoms with E-state index in [9.17, 15) is 19.1 Å². The molecule has 1 atom stereocenters. The first kappa shape index (κ1) is 15.9. The molecule has 0 saturated carbocycles. The molecule has 2 aromatic rings. The summed E-state index contributed by atoms with van der Waals surface area (Å²) >= 11 is 0. The SMILES string of the molecule is CC(=O)C1=C(O)C(=O)N(Cc2cccnc2)[C@@H]1c1ccccc1F. The third-order valence-electron chi connectivity index (χ3n) is 3.96. The number of aromatic nitrogens is 1. The van der Waals surface area contributed by atoms with E-state index in [0.29, 0.717) is 5.56 Å². The molecule has 122 valence electrons. The van der Waals surface area contributed by atoms with E-state index in [0.717, 1.165) is 0 Å². The van der Waals surface area contributed by atoms with Gasteiger partial charge in [-0.05, 0) is 24.6 Å². The molecule has 1 aromatic heterocycles. The Kier molecular flexibility index (Phi) is 4.12. The number of benzene rings is 1. The van der Waals surface area contributed by atoms with Gasteiger partial charge < -0.3 is 10.0 Å². The van der Waals surface area contributed by atoms with Crippen molar-refractivity contribution in [1.29, 1.82) is 0 Å². The average Bonchev–Trinajstić information content (AvgIpc) is 2.81. The van der Waals surface area contributed by atoms with Gasteiger partial charge in [0.15, 0.2) is 11.5 Å². The standard InChI is InChI=1S/C18H15FN2O3/c1-11(22)15-16(13-6-2-3-7-14(13)19)21(18(24)17(15)23)10-12-5-4-8-20-9-12/h2-9,16,23H,10H2,1H3/t16-/m1/s1. The maximum Gasteiger partial charge on any atom is 0.290 e. The lowest BCUT2D eigenvalue weighted by Crippen LogP contribution is -2.31. The van der Waals surface area contributed by atoms with E-state index in [1.807, 2.05) is 0 Å². The lowest BCUT2D eigenvalue weighted by atomic mass is 9.96. The highest BCUT2D eigenvalue weighted by Crippen LogP contribution is 2.39. The summed E-state index contributed by atoms with van der Waals surface area (Å²) < 4.78 is 14.3. The van der Waals surface area contributed by atoms with Crippen LogP contribution in [0.5, 0.6) is 0 Å². The Bertz CT molecular complexity index is 833. The van der Waals surface area contributed by atoms with Crippen LogP contribution in [0, 0.1) is 5.82 Å². The van der Waals surface area contributed by atoms with Crippen LogP contribution in [0.2, 0.25) is 0 Å². The van der Waals surface area contributed by atoms with Gasteiger partial charge in [0.2, 0.25) is 0 Å². The van der Waals surface area contributed by atoms with Crippen LogP contribution in [0.1, 0.15) is 24.1 Å². The van der Waals surface area contributed by atoms with Crippen LogP contribution in [0.3, 0.4) is 0 Å². The summed E-state index contributed by atoms with van der Waals surface area (Å²) in [6, 6.07) is 8.43. The van der Waals surface area contributed by atoms with E-state index in [1.54, 1.807) is 30.6 Å². The molecule has 2 heterocycles. The third-order valence-corrected chi connectivity index (χ3v) is 3.96. The second-order valence-electron chi connectivity index (χ2n) is 5.54. The van der Waals surface area contributed by atoms with Crippen LogP contribution >= 0.6 is 0 Å². The van der Waals surface area contributed by atoms with Crippen molar-refractivity contribution in [2.24, 2.45) is 0 Å². The number of hydrogen-bond acceptors (Lipinski definition) is 4. The number of aliphatic hydroxyl groups is 1. The molecule has 1 N–H and O–H groups in total.